The van der Waals surface area contributed by atoms with Crippen LogP contribution in [-0.4, -0.2) is 24.0 Å². The highest BCUT2D eigenvalue weighted by Crippen LogP contribution is 2.06. The molecule has 0 saturated carbocycles. The van der Waals surface area contributed by atoms with E-state index in [0.717, 1.165) is 0 Å². The van der Waals surface area contributed by atoms with Gasteiger partial charge in [-0.25, -0.2) is 9.78 Å². The summed E-state index contributed by atoms with van der Waals surface area (Å²) in [7, 11) is 1.28. The molecule has 0 fully saturated rings. The monoisotopic (exact) mass is 208 g/mol. The molecule has 5 nitrogen and oxygen atoms in total. The van der Waals surface area contributed by atoms with E-state index < -0.39 is 5.97 Å². The van der Waals surface area contributed by atoms with E-state index in [-0.39, 0.29) is 11.6 Å². The molecule has 1 N–H and O–H groups in total. The number of methoxy groups -OCH3 is 1. The Balaban J connectivity index is 2.83. The molecule has 0 aliphatic carbocycles. The number of pyridine rings is 1. The van der Waals surface area contributed by atoms with Crippen LogP contribution in [0.5, 0.6) is 0 Å². The fourth-order valence-corrected chi connectivity index (χ4v) is 0.954. The standard InChI is InChI=1S/C10H12N2O3/c1-3-9(13)12-8-6-4-5-7(11-8)10(14)15-2/h4-6H,3H2,1-2H3,(H,11,12,13). The average molecular weight is 208 g/mol. The first-order chi connectivity index (χ1) is 7.17. The maximum Gasteiger partial charge on any atom is 0.356 e. The zero-order chi connectivity index (χ0) is 11.3. The molecule has 1 heterocycles. The van der Waals surface area contributed by atoms with E-state index in [9.17, 15) is 9.59 Å². The van der Waals surface area contributed by atoms with Crippen LogP contribution in [0.25, 0.3) is 0 Å². The smallest absolute Gasteiger partial charge is 0.356 e. The minimum absolute atomic E-state index is 0.149. The van der Waals surface area contributed by atoms with Crippen molar-refractivity contribution in [1.82, 2.24) is 4.98 Å². The number of amides is 1. The molecule has 0 unspecified atom stereocenters. The highest BCUT2D eigenvalue weighted by molar-refractivity contribution is 5.91. The molecular formula is C10H12N2O3. The third-order valence-electron chi connectivity index (χ3n) is 1.73. The first kappa shape index (κ1) is 11.2. The molecule has 0 radical (unpaired) electrons. The van der Waals surface area contributed by atoms with Crippen molar-refractivity contribution in [1.29, 1.82) is 0 Å². The number of nitrogens with one attached hydrogen (secondary N) is 1. The summed E-state index contributed by atoms with van der Waals surface area (Å²) < 4.78 is 4.51. The van der Waals surface area contributed by atoms with Gasteiger partial charge in [-0.3, -0.25) is 4.79 Å². The predicted molar refractivity (Wildman–Crippen MR) is 54.5 cm³/mol. The van der Waals surface area contributed by atoms with E-state index in [0.29, 0.717) is 12.2 Å². The van der Waals surface area contributed by atoms with E-state index in [1.807, 2.05) is 0 Å². The van der Waals surface area contributed by atoms with Crippen molar-refractivity contribution in [3.8, 4) is 0 Å². The van der Waals surface area contributed by atoms with Gasteiger partial charge in [0.05, 0.1) is 7.11 Å². The molecule has 0 spiro atoms. The van der Waals surface area contributed by atoms with E-state index in [2.05, 4.69) is 15.0 Å². The summed E-state index contributed by atoms with van der Waals surface area (Å²) in [6.45, 7) is 1.74. The average Bonchev–Trinajstić information content (AvgIpc) is 2.28. The second kappa shape index (κ2) is 5.09. The molecule has 0 aliphatic heterocycles. The van der Waals surface area contributed by atoms with Gasteiger partial charge < -0.3 is 10.1 Å². The van der Waals surface area contributed by atoms with Crippen LogP contribution in [0.2, 0.25) is 0 Å². The zero-order valence-corrected chi connectivity index (χ0v) is 8.61. The summed E-state index contributed by atoms with van der Waals surface area (Å²) in [4.78, 5) is 26.1. The highest BCUT2D eigenvalue weighted by atomic mass is 16.5. The third kappa shape index (κ3) is 3.05. The third-order valence-corrected chi connectivity index (χ3v) is 1.73. The van der Waals surface area contributed by atoms with Gasteiger partial charge in [-0.05, 0) is 12.1 Å². The number of aromatic nitrogens is 1. The zero-order valence-electron chi connectivity index (χ0n) is 8.61. The molecule has 1 aromatic heterocycles. The first-order valence-electron chi connectivity index (χ1n) is 4.52. The van der Waals surface area contributed by atoms with Gasteiger partial charge in [0.2, 0.25) is 5.91 Å². The topological polar surface area (TPSA) is 68.3 Å². The molecule has 15 heavy (non-hydrogen) atoms. The number of hydrogen-bond donors (Lipinski definition) is 1. The molecular weight excluding hydrogens is 196 g/mol. The Morgan fingerprint density at radius 3 is 2.80 bits per heavy atom. The van der Waals surface area contributed by atoms with E-state index in [1.54, 1.807) is 19.1 Å². The maximum atomic E-state index is 11.1. The van der Waals surface area contributed by atoms with Gasteiger partial charge in [0, 0.05) is 6.42 Å². The van der Waals surface area contributed by atoms with Gasteiger partial charge >= 0.3 is 5.97 Å². The lowest BCUT2D eigenvalue weighted by molar-refractivity contribution is -0.115. The number of carbonyl (C=O) groups excluding carboxylic acids is 2. The molecule has 0 bridgehead atoms. The van der Waals surface area contributed by atoms with Gasteiger partial charge in [0.15, 0.2) is 5.69 Å². The summed E-state index contributed by atoms with van der Waals surface area (Å²) in [6, 6.07) is 4.76. The Kier molecular flexibility index (Phi) is 3.79. The molecule has 1 aromatic rings. The molecule has 0 atom stereocenters. The number of carbonyl (C=O) groups is 2. The van der Waals surface area contributed by atoms with Crippen LogP contribution in [0, 0.1) is 0 Å². The number of rotatable bonds is 3. The molecule has 80 valence electrons. The van der Waals surface area contributed by atoms with E-state index in [4.69, 9.17) is 0 Å². The fourth-order valence-electron chi connectivity index (χ4n) is 0.954. The number of anilines is 1. The highest BCUT2D eigenvalue weighted by Gasteiger charge is 2.08. The van der Waals surface area contributed by atoms with Gasteiger partial charge in [-0.15, -0.1) is 0 Å². The van der Waals surface area contributed by atoms with Crippen LogP contribution >= 0.6 is 0 Å². The van der Waals surface area contributed by atoms with Gasteiger partial charge in [-0.2, -0.15) is 0 Å². The van der Waals surface area contributed by atoms with Crippen LogP contribution in [0.1, 0.15) is 23.8 Å². The Hall–Kier alpha value is -1.91. The van der Waals surface area contributed by atoms with Gasteiger partial charge in [0.25, 0.3) is 0 Å². The molecule has 1 rings (SSSR count). The van der Waals surface area contributed by atoms with Crippen molar-refractivity contribution >= 4 is 17.7 Å². The number of ether oxygens (including phenoxy) is 1. The first-order valence-corrected chi connectivity index (χ1v) is 4.52. The quantitative estimate of drug-likeness (QED) is 0.758. The number of hydrogen-bond acceptors (Lipinski definition) is 4. The summed E-state index contributed by atoms with van der Waals surface area (Å²) in [5, 5.41) is 2.55. The molecule has 0 aliphatic rings. The number of nitrogens with zero attached hydrogens (tertiary/aromatic N) is 1. The number of esters is 1. The van der Waals surface area contributed by atoms with Crippen molar-refractivity contribution in [3.63, 3.8) is 0 Å². The summed E-state index contributed by atoms with van der Waals surface area (Å²) >= 11 is 0. The Morgan fingerprint density at radius 2 is 2.20 bits per heavy atom. The normalized spacial score (nSPS) is 9.47. The second-order valence-electron chi connectivity index (χ2n) is 2.80. The van der Waals surface area contributed by atoms with E-state index in [1.165, 1.54) is 13.2 Å². The maximum absolute atomic E-state index is 11.1. The van der Waals surface area contributed by atoms with Crippen molar-refractivity contribution in [2.24, 2.45) is 0 Å². The van der Waals surface area contributed by atoms with E-state index >= 15 is 0 Å². The fraction of sp³-hybridized carbons (Fsp3) is 0.300. The van der Waals surface area contributed by atoms with Crippen LogP contribution in [0.4, 0.5) is 5.82 Å². The van der Waals surface area contributed by atoms with Crippen LogP contribution in [0.15, 0.2) is 18.2 Å². The lowest BCUT2D eigenvalue weighted by atomic mass is 10.3. The molecule has 5 heteroatoms. The van der Waals surface area contributed by atoms with Crippen molar-refractivity contribution in [3.05, 3.63) is 23.9 Å². The van der Waals surface area contributed by atoms with Gasteiger partial charge in [-0.1, -0.05) is 13.0 Å². The molecule has 0 saturated heterocycles. The summed E-state index contributed by atoms with van der Waals surface area (Å²) in [6.07, 6.45) is 0.365. The minimum atomic E-state index is -0.525. The second-order valence-corrected chi connectivity index (χ2v) is 2.80. The minimum Gasteiger partial charge on any atom is -0.464 e. The van der Waals surface area contributed by atoms with Crippen molar-refractivity contribution in [2.45, 2.75) is 13.3 Å². The van der Waals surface area contributed by atoms with Crippen LogP contribution < -0.4 is 5.32 Å². The summed E-state index contributed by atoms with van der Waals surface area (Å²) in [5.74, 6) is -0.322. The SMILES string of the molecule is CCC(=O)Nc1cccc(C(=O)OC)n1. The van der Waals surface area contributed by atoms with Crippen molar-refractivity contribution in [2.75, 3.05) is 12.4 Å². The van der Waals surface area contributed by atoms with Crippen LogP contribution in [0.3, 0.4) is 0 Å². The molecule has 0 aromatic carbocycles. The Morgan fingerprint density at radius 1 is 1.47 bits per heavy atom. The lowest BCUT2D eigenvalue weighted by Crippen LogP contribution is -2.12. The predicted octanol–water partition coefficient (Wildman–Crippen LogP) is 1.22. The lowest BCUT2D eigenvalue weighted by Gasteiger charge is -2.03. The van der Waals surface area contributed by atoms with Crippen molar-refractivity contribution < 1.29 is 14.3 Å². The van der Waals surface area contributed by atoms with Crippen LogP contribution in [-0.2, 0) is 9.53 Å². The largest absolute Gasteiger partial charge is 0.464 e. The Labute approximate surface area is 87.5 Å². The summed E-state index contributed by atoms with van der Waals surface area (Å²) in [5.41, 5.74) is 0.173. The van der Waals surface area contributed by atoms with Gasteiger partial charge in [0.1, 0.15) is 5.82 Å². The Bertz CT molecular complexity index is 377. The molecule has 1 amide bonds.